The van der Waals surface area contributed by atoms with E-state index < -0.39 is 12.1 Å². The fourth-order valence-corrected chi connectivity index (χ4v) is 7.07. The third kappa shape index (κ3) is 49.7. The Morgan fingerprint density at radius 3 is 1.27 bits per heavy atom. The van der Waals surface area contributed by atoms with Gasteiger partial charge in [0, 0.05) is 18.9 Å². The number of carbonyl (C=O) groups is 3. The summed E-state index contributed by atoms with van der Waals surface area (Å²) in [5.41, 5.74) is 0. The monoisotopic (exact) mass is 933 g/mol. The van der Waals surface area contributed by atoms with Gasteiger partial charge in [0.05, 0.1) is 6.10 Å². The standard InChI is InChI=1S/C59H96O8/c1-4-7-9-11-13-15-17-19-21-25-29-33-37-41-45-50-57(60)64-53-56(54-65-58(61)51-46-42-38-34-30-26-22-20-18-16-14-12-10-8-5-2)66-59(62)52-47-43-39-35-31-27-23-24-28-32-36-40-44-49-55(67-63)48-6-3/h13-16,19-24,27-28,31,35,39,43,47,52,55-56,63H,4-12,17-18,25-26,29-30,32-34,36-38,40-42,44-46,48-51,53-54H2,1-3H3/b15-13-,16-14-,21-19-,22-20-,27-23?,28-24?,35-31?,43-39?,52-47?. The average Bonchev–Trinajstić information content (AvgIpc) is 3.33. The highest BCUT2D eigenvalue weighted by molar-refractivity contribution is 5.82. The molecule has 380 valence electrons. The minimum atomic E-state index is -0.902. The van der Waals surface area contributed by atoms with Gasteiger partial charge in [-0.15, -0.1) is 0 Å². The van der Waals surface area contributed by atoms with Gasteiger partial charge in [0.15, 0.2) is 6.10 Å². The number of rotatable bonds is 47. The maximum absolute atomic E-state index is 12.7. The Balaban J connectivity index is 4.68. The third-order valence-electron chi connectivity index (χ3n) is 11.1. The fraction of sp³-hybridized carbons (Fsp3) is 0.644. The van der Waals surface area contributed by atoms with E-state index in [1.165, 1.54) is 57.4 Å². The summed E-state index contributed by atoms with van der Waals surface area (Å²) >= 11 is 0. The highest BCUT2D eigenvalue weighted by Crippen LogP contribution is 2.14. The van der Waals surface area contributed by atoms with Crippen molar-refractivity contribution in [3.8, 4) is 0 Å². The van der Waals surface area contributed by atoms with Crippen molar-refractivity contribution in [1.29, 1.82) is 0 Å². The zero-order valence-electron chi connectivity index (χ0n) is 42.7. The summed E-state index contributed by atoms with van der Waals surface area (Å²) < 4.78 is 16.6. The van der Waals surface area contributed by atoms with Gasteiger partial charge in [-0.25, -0.2) is 9.68 Å². The smallest absolute Gasteiger partial charge is 0.331 e. The van der Waals surface area contributed by atoms with Gasteiger partial charge in [0.1, 0.15) is 13.2 Å². The molecule has 8 heteroatoms. The third-order valence-corrected chi connectivity index (χ3v) is 11.1. The number of hydrogen-bond acceptors (Lipinski definition) is 8. The van der Waals surface area contributed by atoms with E-state index in [1.54, 1.807) is 18.2 Å². The van der Waals surface area contributed by atoms with Crippen molar-refractivity contribution in [3.63, 3.8) is 0 Å². The highest BCUT2D eigenvalue weighted by Gasteiger charge is 2.18. The number of ether oxygens (including phenoxy) is 3. The largest absolute Gasteiger partial charge is 0.462 e. The Labute approximate surface area is 409 Å². The van der Waals surface area contributed by atoms with Gasteiger partial charge >= 0.3 is 17.9 Å². The molecular weight excluding hydrogens is 837 g/mol. The van der Waals surface area contributed by atoms with Crippen molar-refractivity contribution in [1.82, 2.24) is 0 Å². The molecule has 8 nitrogen and oxygen atoms in total. The van der Waals surface area contributed by atoms with E-state index in [0.717, 1.165) is 135 Å². The van der Waals surface area contributed by atoms with Crippen LogP contribution in [0.5, 0.6) is 0 Å². The lowest BCUT2D eigenvalue weighted by Crippen LogP contribution is -2.30. The van der Waals surface area contributed by atoms with Crippen LogP contribution in [0, 0.1) is 0 Å². The maximum Gasteiger partial charge on any atom is 0.331 e. The van der Waals surface area contributed by atoms with Crippen LogP contribution in [0.4, 0.5) is 0 Å². The first kappa shape index (κ1) is 63.0. The highest BCUT2D eigenvalue weighted by atomic mass is 17.1. The molecule has 0 saturated carbocycles. The molecule has 1 unspecified atom stereocenters. The molecule has 0 aliphatic heterocycles. The molecule has 0 heterocycles. The van der Waals surface area contributed by atoms with Crippen molar-refractivity contribution in [2.24, 2.45) is 0 Å². The normalized spacial score (nSPS) is 13.0. The Kier molecular flexibility index (Phi) is 49.8. The molecule has 0 saturated heterocycles. The van der Waals surface area contributed by atoms with Crippen LogP contribution in [0.15, 0.2) is 109 Å². The average molecular weight is 933 g/mol. The Hall–Kier alpha value is -4.01. The van der Waals surface area contributed by atoms with E-state index in [9.17, 15) is 14.4 Å². The molecular formula is C59H96O8. The molecule has 0 aromatic heterocycles. The molecule has 0 spiro atoms. The molecule has 0 aliphatic rings. The van der Waals surface area contributed by atoms with E-state index in [1.807, 2.05) is 30.4 Å². The van der Waals surface area contributed by atoms with Crippen LogP contribution in [-0.4, -0.2) is 48.6 Å². The van der Waals surface area contributed by atoms with E-state index in [2.05, 4.69) is 80.3 Å². The fourth-order valence-electron chi connectivity index (χ4n) is 7.07. The first-order valence-corrected chi connectivity index (χ1v) is 26.7. The summed E-state index contributed by atoms with van der Waals surface area (Å²) in [7, 11) is 0. The predicted octanol–water partition coefficient (Wildman–Crippen LogP) is 17.0. The van der Waals surface area contributed by atoms with Crippen LogP contribution in [-0.2, 0) is 33.5 Å². The van der Waals surface area contributed by atoms with Gasteiger partial charge in [-0.2, -0.15) is 0 Å². The van der Waals surface area contributed by atoms with Crippen LogP contribution in [0.25, 0.3) is 0 Å². The van der Waals surface area contributed by atoms with Crippen LogP contribution in [0.2, 0.25) is 0 Å². The molecule has 1 atom stereocenters. The van der Waals surface area contributed by atoms with Crippen molar-refractivity contribution in [3.05, 3.63) is 109 Å². The van der Waals surface area contributed by atoms with Gasteiger partial charge in [-0.1, -0.05) is 208 Å². The second-order valence-electron chi connectivity index (χ2n) is 17.5. The van der Waals surface area contributed by atoms with Crippen LogP contribution in [0.3, 0.4) is 0 Å². The molecule has 0 rings (SSSR count). The Bertz CT molecular complexity index is 1350. The van der Waals surface area contributed by atoms with Crippen LogP contribution in [0.1, 0.15) is 220 Å². The van der Waals surface area contributed by atoms with Crippen LogP contribution >= 0.6 is 0 Å². The predicted molar refractivity (Wildman–Crippen MR) is 282 cm³/mol. The lowest BCUT2D eigenvalue weighted by Gasteiger charge is -2.17. The topological polar surface area (TPSA) is 108 Å². The Morgan fingerprint density at radius 1 is 0.403 bits per heavy atom. The molecule has 0 bridgehead atoms. The van der Waals surface area contributed by atoms with E-state index in [0.29, 0.717) is 12.8 Å². The summed E-state index contributed by atoms with van der Waals surface area (Å²) in [5.74, 6) is -1.31. The second kappa shape index (κ2) is 53.0. The minimum absolute atomic E-state index is 0.0423. The number of hydrogen-bond donors (Lipinski definition) is 1. The number of carbonyl (C=O) groups excluding carboxylic acids is 3. The van der Waals surface area contributed by atoms with E-state index in [-0.39, 0.29) is 31.3 Å². The quantitative estimate of drug-likeness (QED) is 0.00939. The summed E-state index contributed by atoms with van der Waals surface area (Å²) in [4.78, 5) is 42.4. The first-order valence-electron chi connectivity index (χ1n) is 26.7. The van der Waals surface area contributed by atoms with Gasteiger partial charge in [0.25, 0.3) is 0 Å². The minimum Gasteiger partial charge on any atom is -0.462 e. The van der Waals surface area contributed by atoms with Gasteiger partial charge in [0.2, 0.25) is 0 Å². The summed E-state index contributed by atoms with van der Waals surface area (Å²) in [6, 6.07) is 0. The summed E-state index contributed by atoms with van der Waals surface area (Å²) in [5, 5.41) is 8.93. The number of unbranched alkanes of at least 4 members (excludes halogenated alkanes) is 19. The molecule has 0 aromatic rings. The second-order valence-corrected chi connectivity index (χ2v) is 17.5. The lowest BCUT2D eigenvalue weighted by atomic mass is 10.1. The zero-order valence-corrected chi connectivity index (χ0v) is 42.7. The van der Waals surface area contributed by atoms with Crippen molar-refractivity contribution < 1.29 is 38.7 Å². The molecule has 0 amide bonds. The van der Waals surface area contributed by atoms with E-state index in [4.69, 9.17) is 19.5 Å². The maximum atomic E-state index is 12.7. The molecule has 0 radical (unpaired) electrons. The number of allylic oxidation sites excluding steroid dienone is 17. The Morgan fingerprint density at radius 2 is 0.806 bits per heavy atom. The summed E-state index contributed by atoms with van der Waals surface area (Å²) in [6.07, 6.45) is 67.4. The van der Waals surface area contributed by atoms with Crippen molar-refractivity contribution >= 4 is 17.9 Å². The molecule has 0 fully saturated rings. The SMILES string of the molecule is CCCCC/C=C\C/C=C\CCCCCCCC(=O)OCC(COC(=O)CCCCCCC/C=C\C/C=C\CCCCC)OC(=O)C=CC=CC=CC=CC=CCCCCCC(CCC)OO. The molecule has 1 N–H and O–H groups in total. The van der Waals surface area contributed by atoms with Crippen LogP contribution < -0.4 is 0 Å². The van der Waals surface area contributed by atoms with E-state index >= 15 is 0 Å². The molecule has 0 aromatic carbocycles. The number of esters is 3. The summed E-state index contributed by atoms with van der Waals surface area (Å²) in [6.45, 7) is 6.21. The lowest BCUT2D eigenvalue weighted by molar-refractivity contribution is -0.281. The zero-order chi connectivity index (χ0) is 48.8. The van der Waals surface area contributed by atoms with Gasteiger partial charge < -0.3 is 14.2 Å². The van der Waals surface area contributed by atoms with Gasteiger partial charge in [-0.3, -0.25) is 14.8 Å². The van der Waals surface area contributed by atoms with Crippen molar-refractivity contribution in [2.45, 2.75) is 232 Å². The van der Waals surface area contributed by atoms with Crippen molar-refractivity contribution in [2.75, 3.05) is 13.2 Å². The van der Waals surface area contributed by atoms with Gasteiger partial charge in [-0.05, 0) is 103 Å². The molecule has 0 aliphatic carbocycles. The first-order chi connectivity index (χ1) is 33.0. The molecule has 67 heavy (non-hydrogen) atoms.